The summed E-state index contributed by atoms with van der Waals surface area (Å²) in [6.45, 7) is 0. The lowest BCUT2D eigenvalue weighted by Gasteiger charge is -2.11. The van der Waals surface area contributed by atoms with Crippen molar-refractivity contribution in [2.45, 2.75) is 0 Å². The van der Waals surface area contributed by atoms with Crippen LogP contribution in [0.15, 0.2) is 37.8 Å². The maximum atomic E-state index is 6.16. The molecule has 2 aromatic rings. The first kappa shape index (κ1) is 14.6. The molecule has 0 aliphatic carbocycles. The van der Waals surface area contributed by atoms with Crippen LogP contribution in [-0.2, 0) is 0 Å². The first-order valence-electron chi connectivity index (χ1n) is 4.70. The Balaban J connectivity index is 2.37. The Kier molecular flexibility index (Phi) is 4.94. The molecule has 0 saturated heterocycles. The van der Waals surface area contributed by atoms with Crippen LogP contribution >= 0.6 is 71.0 Å². The number of benzene rings is 1. The summed E-state index contributed by atoms with van der Waals surface area (Å²) < 4.78 is 2.47. The van der Waals surface area contributed by atoms with Crippen LogP contribution in [0.4, 0.5) is 11.5 Å². The van der Waals surface area contributed by atoms with Crippen molar-refractivity contribution in [2.24, 2.45) is 0 Å². The van der Waals surface area contributed by atoms with Crippen molar-refractivity contribution < 1.29 is 0 Å². The predicted octanol–water partition coefficient (Wildman–Crippen LogP) is 6.42. The first-order chi connectivity index (χ1) is 8.49. The standard InChI is InChI=1S/C11H5Br3Cl2N2/c12-5-3-7(14)11(17-4-5)18-8-2-1-6(13)9(15)10(8)16/h1-4H,(H,17,18). The monoisotopic (exact) mass is 472 g/mol. The predicted molar refractivity (Wildman–Crippen MR) is 87.1 cm³/mol. The van der Waals surface area contributed by atoms with Crippen LogP contribution in [-0.4, -0.2) is 4.98 Å². The summed E-state index contributed by atoms with van der Waals surface area (Å²) in [6.07, 6.45) is 1.70. The molecule has 94 valence electrons. The van der Waals surface area contributed by atoms with Gasteiger partial charge in [-0.15, -0.1) is 0 Å². The van der Waals surface area contributed by atoms with E-state index in [1.54, 1.807) is 6.20 Å². The average molecular weight is 476 g/mol. The van der Waals surface area contributed by atoms with Gasteiger partial charge in [-0.25, -0.2) is 4.98 Å². The molecule has 0 aliphatic heterocycles. The fraction of sp³-hybridized carbons (Fsp3) is 0. The third-order valence-electron chi connectivity index (χ3n) is 2.10. The van der Waals surface area contributed by atoms with Crippen molar-refractivity contribution in [3.63, 3.8) is 0 Å². The van der Waals surface area contributed by atoms with Crippen molar-refractivity contribution in [1.82, 2.24) is 4.98 Å². The molecule has 1 aromatic carbocycles. The second kappa shape index (κ2) is 6.09. The summed E-state index contributed by atoms with van der Waals surface area (Å²) >= 11 is 22.3. The number of nitrogens with zero attached hydrogens (tertiary/aromatic N) is 1. The molecule has 2 rings (SSSR count). The summed E-state index contributed by atoms with van der Waals surface area (Å²) in [5.41, 5.74) is 0.695. The van der Waals surface area contributed by atoms with Gasteiger partial charge in [-0.05, 0) is 66.0 Å². The van der Waals surface area contributed by atoms with Gasteiger partial charge in [0, 0.05) is 15.1 Å². The van der Waals surface area contributed by atoms with Gasteiger partial charge < -0.3 is 5.32 Å². The average Bonchev–Trinajstić information content (AvgIpc) is 2.33. The molecule has 0 radical (unpaired) electrons. The first-order valence-corrected chi connectivity index (χ1v) is 7.84. The lowest BCUT2D eigenvalue weighted by atomic mass is 10.3. The number of hydrogen-bond acceptors (Lipinski definition) is 2. The van der Waals surface area contributed by atoms with Crippen LogP contribution in [0.5, 0.6) is 0 Å². The molecule has 1 heterocycles. The molecule has 18 heavy (non-hydrogen) atoms. The minimum Gasteiger partial charge on any atom is -0.338 e. The van der Waals surface area contributed by atoms with Crippen LogP contribution in [0.25, 0.3) is 0 Å². The Labute approximate surface area is 139 Å². The minimum atomic E-state index is 0.447. The molecule has 0 fully saturated rings. The number of nitrogens with one attached hydrogen (secondary N) is 1. The Hall–Kier alpha value is 0.190. The van der Waals surface area contributed by atoms with Crippen LogP contribution in [0.3, 0.4) is 0 Å². The van der Waals surface area contributed by atoms with Gasteiger partial charge in [0.15, 0.2) is 0 Å². The quantitative estimate of drug-likeness (QED) is 0.507. The highest BCUT2D eigenvalue weighted by molar-refractivity contribution is 9.11. The van der Waals surface area contributed by atoms with E-state index in [0.29, 0.717) is 21.6 Å². The highest BCUT2D eigenvalue weighted by Gasteiger charge is 2.10. The molecule has 0 bridgehead atoms. The molecule has 0 aliphatic rings. The molecular formula is C11H5Br3Cl2N2. The fourth-order valence-electron chi connectivity index (χ4n) is 1.26. The Bertz CT molecular complexity index is 605. The number of rotatable bonds is 2. The summed E-state index contributed by atoms with van der Waals surface area (Å²) in [4.78, 5) is 4.25. The number of pyridine rings is 1. The van der Waals surface area contributed by atoms with Crippen molar-refractivity contribution in [3.8, 4) is 0 Å². The molecular weight excluding hydrogens is 471 g/mol. The highest BCUT2D eigenvalue weighted by Crippen LogP contribution is 2.37. The maximum Gasteiger partial charge on any atom is 0.144 e. The number of halogens is 5. The van der Waals surface area contributed by atoms with Gasteiger partial charge in [0.1, 0.15) is 5.82 Å². The molecule has 1 aromatic heterocycles. The largest absolute Gasteiger partial charge is 0.338 e. The van der Waals surface area contributed by atoms with Crippen LogP contribution in [0.1, 0.15) is 0 Å². The van der Waals surface area contributed by atoms with Crippen LogP contribution < -0.4 is 5.32 Å². The van der Waals surface area contributed by atoms with Crippen molar-refractivity contribution in [1.29, 1.82) is 0 Å². The minimum absolute atomic E-state index is 0.447. The van der Waals surface area contributed by atoms with Crippen LogP contribution in [0, 0.1) is 0 Å². The molecule has 0 spiro atoms. The molecule has 0 atom stereocenters. The van der Waals surface area contributed by atoms with E-state index in [0.717, 1.165) is 13.4 Å². The van der Waals surface area contributed by atoms with E-state index in [2.05, 4.69) is 58.1 Å². The van der Waals surface area contributed by atoms with Gasteiger partial charge in [-0.1, -0.05) is 23.2 Å². The summed E-state index contributed by atoms with van der Waals surface area (Å²) in [5, 5.41) is 4.03. The van der Waals surface area contributed by atoms with Crippen molar-refractivity contribution >= 4 is 82.5 Å². The van der Waals surface area contributed by atoms with E-state index < -0.39 is 0 Å². The topological polar surface area (TPSA) is 24.9 Å². The normalized spacial score (nSPS) is 10.5. The lowest BCUT2D eigenvalue weighted by molar-refractivity contribution is 1.27. The van der Waals surface area contributed by atoms with E-state index in [1.807, 2.05) is 18.2 Å². The molecule has 2 nitrogen and oxygen atoms in total. The highest BCUT2D eigenvalue weighted by atomic mass is 79.9. The smallest absolute Gasteiger partial charge is 0.144 e. The Morgan fingerprint density at radius 1 is 1.00 bits per heavy atom. The maximum absolute atomic E-state index is 6.16. The summed E-state index contributed by atoms with van der Waals surface area (Å²) in [7, 11) is 0. The van der Waals surface area contributed by atoms with E-state index in [9.17, 15) is 0 Å². The SMILES string of the molecule is Clc1c(Br)ccc(Nc2ncc(Br)cc2Br)c1Cl. The summed E-state index contributed by atoms with van der Waals surface area (Å²) in [5.74, 6) is 0.665. The van der Waals surface area contributed by atoms with E-state index in [1.165, 1.54) is 0 Å². The second-order valence-corrected chi connectivity index (χ2v) is 6.71. The fourth-order valence-corrected chi connectivity index (χ4v) is 3.16. The van der Waals surface area contributed by atoms with Gasteiger partial charge in [-0.2, -0.15) is 0 Å². The molecule has 0 unspecified atom stereocenters. The zero-order valence-electron chi connectivity index (χ0n) is 8.65. The van der Waals surface area contributed by atoms with E-state index in [-0.39, 0.29) is 0 Å². The van der Waals surface area contributed by atoms with Gasteiger partial charge >= 0.3 is 0 Å². The second-order valence-electron chi connectivity index (χ2n) is 3.33. The van der Waals surface area contributed by atoms with Crippen molar-refractivity contribution in [3.05, 3.63) is 47.9 Å². The van der Waals surface area contributed by atoms with E-state index >= 15 is 0 Å². The van der Waals surface area contributed by atoms with Crippen molar-refractivity contribution in [2.75, 3.05) is 5.32 Å². The number of hydrogen-bond donors (Lipinski definition) is 1. The Morgan fingerprint density at radius 2 is 1.72 bits per heavy atom. The zero-order valence-corrected chi connectivity index (χ0v) is 14.9. The van der Waals surface area contributed by atoms with E-state index in [4.69, 9.17) is 23.2 Å². The number of anilines is 2. The molecule has 0 amide bonds. The Morgan fingerprint density at radius 3 is 2.39 bits per heavy atom. The molecule has 1 N–H and O–H groups in total. The van der Waals surface area contributed by atoms with Gasteiger partial charge in [0.25, 0.3) is 0 Å². The molecule has 7 heteroatoms. The van der Waals surface area contributed by atoms with Gasteiger partial charge in [-0.3, -0.25) is 0 Å². The third-order valence-corrected chi connectivity index (χ3v) is 4.91. The lowest BCUT2D eigenvalue weighted by Crippen LogP contribution is -1.95. The zero-order chi connectivity index (χ0) is 13.3. The molecule has 0 saturated carbocycles. The summed E-state index contributed by atoms with van der Waals surface area (Å²) in [6, 6.07) is 5.54. The third kappa shape index (κ3) is 3.20. The van der Waals surface area contributed by atoms with Gasteiger partial charge in [0.05, 0.1) is 20.2 Å². The number of aromatic nitrogens is 1. The van der Waals surface area contributed by atoms with Gasteiger partial charge in [0.2, 0.25) is 0 Å². The van der Waals surface area contributed by atoms with Crippen LogP contribution in [0.2, 0.25) is 10.0 Å².